The molecule has 0 atom stereocenters. The van der Waals surface area contributed by atoms with Gasteiger partial charge in [-0.1, -0.05) is 74.5 Å². The van der Waals surface area contributed by atoms with Gasteiger partial charge >= 0.3 is 0 Å². The highest BCUT2D eigenvalue weighted by Crippen LogP contribution is 2.20. The molecule has 0 bridgehead atoms. The number of aromatic nitrogens is 2. The Morgan fingerprint density at radius 2 is 1.55 bits per heavy atom. The van der Waals surface area contributed by atoms with Gasteiger partial charge in [-0.2, -0.15) is 0 Å². The Kier molecular flexibility index (Phi) is 6.45. The largest absolute Gasteiger partial charge is 0.347 e. The van der Waals surface area contributed by atoms with Crippen molar-refractivity contribution in [2.75, 3.05) is 0 Å². The summed E-state index contributed by atoms with van der Waals surface area (Å²) in [6.07, 6.45) is 0. The van der Waals surface area contributed by atoms with Gasteiger partial charge in [0.05, 0.1) is 5.69 Å². The van der Waals surface area contributed by atoms with Crippen molar-refractivity contribution in [3.8, 4) is 5.69 Å². The number of hydrogen-bond acceptors (Lipinski definition) is 2. The van der Waals surface area contributed by atoms with Crippen LogP contribution in [0.2, 0.25) is 0 Å². The highest BCUT2D eigenvalue weighted by Gasteiger charge is 2.18. The summed E-state index contributed by atoms with van der Waals surface area (Å²) in [6.45, 7) is 8.32. The second-order valence-electron chi connectivity index (χ2n) is 6.58. The Morgan fingerprint density at radius 1 is 0.897 bits per heavy atom. The van der Waals surface area contributed by atoms with Gasteiger partial charge in [-0.3, -0.25) is 4.79 Å². The summed E-state index contributed by atoms with van der Waals surface area (Å²) in [5.41, 5.74) is 3.41. The highest BCUT2D eigenvalue weighted by molar-refractivity contribution is 5.94. The van der Waals surface area contributed by atoms with E-state index in [1.54, 1.807) is 0 Å². The van der Waals surface area contributed by atoms with Crippen molar-refractivity contribution in [3.05, 3.63) is 95.6 Å². The summed E-state index contributed by atoms with van der Waals surface area (Å²) in [5, 5.41) is 5.35. The molecule has 3 aromatic carbocycles. The van der Waals surface area contributed by atoms with E-state index in [1.807, 2.05) is 86.9 Å². The Bertz CT molecular complexity index is 1110. The van der Waals surface area contributed by atoms with Crippen LogP contribution in [0.4, 0.5) is 0 Å². The summed E-state index contributed by atoms with van der Waals surface area (Å²) in [6, 6.07) is 24.3. The smallest absolute Gasteiger partial charge is 0.272 e. The van der Waals surface area contributed by atoms with E-state index in [1.165, 1.54) is 5.39 Å². The number of fused-ring (bicyclic) bond motifs is 1. The molecular formula is C25H27N3O. The van der Waals surface area contributed by atoms with E-state index in [0.717, 1.165) is 28.2 Å². The maximum atomic E-state index is 12.8. The minimum absolute atomic E-state index is 0.154. The predicted molar refractivity (Wildman–Crippen MR) is 120 cm³/mol. The average Bonchev–Trinajstić information content (AvgIpc) is 3.08. The van der Waals surface area contributed by atoms with Gasteiger partial charge in [0.1, 0.15) is 11.5 Å². The fourth-order valence-corrected chi connectivity index (χ4v) is 3.52. The van der Waals surface area contributed by atoms with E-state index in [2.05, 4.69) is 28.5 Å². The van der Waals surface area contributed by atoms with Crippen molar-refractivity contribution >= 4 is 16.7 Å². The zero-order chi connectivity index (χ0) is 20.8. The number of imidazole rings is 1. The van der Waals surface area contributed by atoms with Crippen molar-refractivity contribution in [3.63, 3.8) is 0 Å². The summed E-state index contributed by atoms with van der Waals surface area (Å²) in [4.78, 5) is 17.3. The Hall–Kier alpha value is -3.40. The van der Waals surface area contributed by atoms with Crippen molar-refractivity contribution in [2.24, 2.45) is 0 Å². The fraction of sp³-hybridized carbons (Fsp3) is 0.200. The lowest BCUT2D eigenvalue weighted by atomic mass is 10.0. The van der Waals surface area contributed by atoms with Crippen molar-refractivity contribution in [1.29, 1.82) is 0 Å². The zero-order valence-corrected chi connectivity index (χ0v) is 17.4. The van der Waals surface area contributed by atoms with Crippen LogP contribution >= 0.6 is 0 Å². The number of nitrogens with zero attached hydrogens (tertiary/aromatic N) is 2. The van der Waals surface area contributed by atoms with Crippen LogP contribution in [0.25, 0.3) is 16.5 Å². The third-order valence-electron chi connectivity index (χ3n) is 4.82. The van der Waals surface area contributed by atoms with Gasteiger partial charge in [-0.05, 0) is 42.3 Å². The van der Waals surface area contributed by atoms with Crippen LogP contribution in [-0.4, -0.2) is 15.5 Å². The van der Waals surface area contributed by atoms with Crippen LogP contribution in [0.5, 0.6) is 0 Å². The van der Waals surface area contributed by atoms with Crippen LogP contribution in [0, 0.1) is 13.8 Å². The minimum Gasteiger partial charge on any atom is -0.347 e. The average molecular weight is 386 g/mol. The lowest BCUT2D eigenvalue weighted by Gasteiger charge is -2.09. The monoisotopic (exact) mass is 385 g/mol. The molecule has 4 heteroatoms. The Morgan fingerprint density at radius 3 is 2.31 bits per heavy atom. The molecule has 1 heterocycles. The summed E-state index contributed by atoms with van der Waals surface area (Å²) in [7, 11) is 0. The van der Waals surface area contributed by atoms with Gasteiger partial charge in [-0.25, -0.2) is 4.98 Å². The molecule has 29 heavy (non-hydrogen) atoms. The molecule has 0 saturated heterocycles. The van der Waals surface area contributed by atoms with Crippen LogP contribution in [0.1, 0.15) is 41.4 Å². The quantitative estimate of drug-likeness (QED) is 0.497. The van der Waals surface area contributed by atoms with Crippen LogP contribution < -0.4 is 5.32 Å². The minimum atomic E-state index is -0.154. The molecule has 1 N–H and O–H groups in total. The number of carbonyl (C=O) groups is 1. The van der Waals surface area contributed by atoms with E-state index in [9.17, 15) is 4.79 Å². The van der Waals surface area contributed by atoms with Crippen LogP contribution in [0.3, 0.4) is 0 Å². The van der Waals surface area contributed by atoms with E-state index < -0.39 is 0 Å². The lowest BCUT2D eigenvalue weighted by Crippen LogP contribution is -2.24. The van der Waals surface area contributed by atoms with Crippen molar-refractivity contribution < 1.29 is 4.79 Å². The SMILES string of the molecule is CC.Cc1nc(C(=O)NCc2cccc3ccccc23)c(C)n1-c1ccccc1. The molecule has 148 valence electrons. The third-order valence-corrected chi connectivity index (χ3v) is 4.82. The van der Waals surface area contributed by atoms with Gasteiger partial charge in [-0.15, -0.1) is 0 Å². The van der Waals surface area contributed by atoms with E-state index >= 15 is 0 Å². The maximum absolute atomic E-state index is 12.8. The van der Waals surface area contributed by atoms with Crippen molar-refractivity contribution in [2.45, 2.75) is 34.2 Å². The van der Waals surface area contributed by atoms with Gasteiger partial charge in [0.2, 0.25) is 0 Å². The molecule has 0 radical (unpaired) electrons. The number of rotatable bonds is 4. The molecule has 0 saturated carbocycles. The fourth-order valence-electron chi connectivity index (χ4n) is 3.52. The maximum Gasteiger partial charge on any atom is 0.272 e. The molecule has 1 aromatic heterocycles. The first-order valence-electron chi connectivity index (χ1n) is 10.0. The molecule has 0 unspecified atom stereocenters. The number of amides is 1. The molecule has 0 aliphatic heterocycles. The number of aryl methyl sites for hydroxylation is 1. The standard InChI is InChI=1S/C23H21N3O.C2H6/c1-16-22(25-17(2)26(16)20-12-4-3-5-13-20)23(27)24-15-19-11-8-10-18-9-6-7-14-21(18)19;1-2/h3-14H,15H2,1-2H3,(H,24,27);1-2H3. The van der Waals surface area contributed by atoms with Crippen LogP contribution in [-0.2, 0) is 6.54 Å². The molecular weight excluding hydrogens is 358 g/mol. The van der Waals surface area contributed by atoms with Crippen LogP contribution in [0.15, 0.2) is 72.8 Å². The summed E-state index contributed by atoms with van der Waals surface area (Å²) < 4.78 is 2.01. The van der Waals surface area contributed by atoms with E-state index in [4.69, 9.17) is 0 Å². The lowest BCUT2D eigenvalue weighted by molar-refractivity contribution is 0.0945. The topological polar surface area (TPSA) is 46.9 Å². The second kappa shape index (κ2) is 9.20. The highest BCUT2D eigenvalue weighted by atomic mass is 16.1. The van der Waals surface area contributed by atoms with Crippen molar-refractivity contribution in [1.82, 2.24) is 14.9 Å². The summed E-state index contributed by atoms with van der Waals surface area (Å²) >= 11 is 0. The molecule has 4 rings (SSSR count). The Labute approximate surface area is 172 Å². The molecule has 4 aromatic rings. The summed E-state index contributed by atoms with van der Waals surface area (Å²) in [5.74, 6) is 0.646. The first-order chi connectivity index (χ1) is 14.1. The molecule has 4 nitrogen and oxygen atoms in total. The normalized spacial score (nSPS) is 10.3. The second-order valence-corrected chi connectivity index (χ2v) is 6.58. The molecule has 1 amide bonds. The predicted octanol–water partition coefficient (Wildman–Crippen LogP) is 5.60. The van der Waals surface area contributed by atoms with E-state index in [0.29, 0.717) is 12.2 Å². The number of carbonyl (C=O) groups excluding carboxylic acids is 1. The first kappa shape index (κ1) is 20.3. The van der Waals surface area contributed by atoms with E-state index in [-0.39, 0.29) is 5.91 Å². The number of para-hydroxylation sites is 1. The number of nitrogens with one attached hydrogen (secondary N) is 1. The first-order valence-corrected chi connectivity index (χ1v) is 10.0. The zero-order valence-electron chi connectivity index (χ0n) is 17.4. The molecule has 0 fully saturated rings. The molecule has 0 aliphatic carbocycles. The van der Waals surface area contributed by atoms with Gasteiger partial charge < -0.3 is 9.88 Å². The van der Waals surface area contributed by atoms with Gasteiger partial charge in [0.25, 0.3) is 5.91 Å². The third kappa shape index (κ3) is 4.21. The van der Waals surface area contributed by atoms with Gasteiger partial charge in [0.15, 0.2) is 0 Å². The Balaban J connectivity index is 0.00000117. The van der Waals surface area contributed by atoms with Gasteiger partial charge in [0, 0.05) is 12.2 Å². The number of hydrogen-bond donors (Lipinski definition) is 1. The molecule has 0 aliphatic rings. The molecule has 0 spiro atoms. The number of benzene rings is 3.